The number of hydrogen-bond acceptors (Lipinski definition) is 3. The number of rotatable bonds is 4. The molecule has 0 atom stereocenters. The first-order valence-electron chi connectivity index (χ1n) is 4.08. The third-order valence-corrected chi connectivity index (χ3v) is 1.59. The highest BCUT2D eigenvalue weighted by Crippen LogP contribution is 2.10. The predicted octanol–water partition coefficient (Wildman–Crippen LogP) is 1.20. The van der Waals surface area contributed by atoms with E-state index in [0.717, 1.165) is 6.08 Å². The highest BCUT2D eigenvalue weighted by molar-refractivity contribution is 5.89. The number of carboxylic acids is 1. The Morgan fingerprint density at radius 2 is 2.43 bits per heavy atom. The van der Waals surface area contributed by atoms with Crippen molar-refractivity contribution < 1.29 is 14.6 Å². The van der Waals surface area contributed by atoms with Crippen molar-refractivity contribution in [2.24, 2.45) is 0 Å². The number of aromatic nitrogens is 1. The van der Waals surface area contributed by atoms with Crippen molar-refractivity contribution in [3.8, 4) is 0 Å². The maximum absolute atomic E-state index is 10.5. The highest BCUT2D eigenvalue weighted by atomic mass is 16.5. The molecule has 14 heavy (non-hydrogen) atoms. The SMILES string of the molecule is COC/C(=C\C(=O)O)c1ccccn1. The summed E-state index contributed by atoms with van der Waals surface area (Å²) in [5.41, 5.74) is 1.18. The van der Waals surface area contributed by atoms with Gasteiger partial charge in [0.05, 0.1) is 12.3 Å². The normalized spacial score (nSPS) is 11.4. The van der Waals surface area contributed by atoms with E-state index >= 15 is 0 Å². The minimum Gasteiger partial charge on any atom is -0.478 e. The monoisotopic (exact) mass is 193 g/mol. The van der Waals surface area contributed by atoms with Gasteiger partial charge in [-0.25, -0.2) is 4.79 Å². The van der Waals surface area contributed by atoms with E-state index in [2.05, 4.69) is 4.98 Å². The number of ether oxygens (including phenoxy) is 1. The summed E-state index contributed by atoms with van der Waals surface area (Å²) in [4.78, 5) is 14.5. The van der Waals surface area contributed by atoms with Crippen LogP contribution >= 0.6 is 0 Å². The summed E-state index contributed by atoms with van der Waals surface area (Å²) >= 11 is 0. The van der Waals surface area contributed by atoms with Crippen LogP contribution in [0.15, 0.2) is 30.5 Å². The van der Waals surface area contributed by atoms with Crippen LogP contribution in [0.1, 0.15) is 5.69 Å². The van der Waals surface area contributed by atoms with Crippen molar-refractivity contribution in [1.29, 1.82) is 0 Å². The van der Waals surface area contributed by atoms with Gasteiger partial charge in [-0.05, 0) is 12.1 Å². The Balaban J connectivity index is 2.94. The molecule has 74 valence electrons. The van der Waals surface area contributed by atoms with Crippen molar-refractivity contribution in [1.82, 2.24) is 4.98 Å². The standard InChI is InChI=1S/C10H11NO3/c1-14-7-8(6-10(12)13)9-4-2-3-5-11-9/h2-6H,7H2,1H3,(H,12,13)/b8-6+. The van der Waals surface area contributed by atoms with Gasteiger partial charge in [-0.3, -0.25) is 4.98 Å². The summed E-state index contributed by atoms with van der Waals surface area (Å²) in [5.74, 6) is -0.997. The molecule has 0 fully saturated rings. The molecule has 0 saturated heterocycles. The van der Waals surface area contributed by atoms with Gasteiger partial charge in [-0.1, -0.05) is 6.07 Å². The second kappa shape index (κ2) is 5.14. The fraction of sp³-hybridized carbons (Fsp3) is 0.200. The Morgan fingerprint density at radius 3 is 2.93 bits per heavy atom. The molecule has 0 amide bonds. The van der Waals surface area contributed by atoms with Gasteiger partial charge in [0.25, 0.3) is 0 Å². The average Bonchev–Trinajstić information content (AvgIpc) is 2.18. The summed E-state index contributed by atoms with van der Waals surface area (Å²) in [6.45, 7) is 0.239. The topological polar surface area (TPSA) is 59.4 Å². The lowest BCUT2D eigenvalue weighted by Gasteiger charge is -2.03. The van der Waals surface area contributed by atoms with Crippen LogP contribution < -0.4 is 0 Å². The van der Waals surface area contributed by atoms with Gasteiger partial charge in [0.15, 0.2) is 0 Å². The van der Waals surface area contributed by atoms with Gasteiger partial charge >= 0.3 is 5.97 Å². The Labute approximate surface area is 81.9 Å². The van der Waals surface area contributed by atoms with Crippen LogP contribution in [0, 0.1) is 0 Å². The van der Waals surface area contributed by atoms with E-state index in [0.29, 0.717) is 11.3 Å². The van der Waals surface area contributed by atoms with Gasteiger partial charge in [-0.15, -0.1) is 0 Å². The largest absolute Gasteiger partial charge is 0.478 e. The molecule has 1 rings (SSSR count). The van der Waals surface area contributed by atoms with Crippen molar-refractivity contribution >= 4 is 11.5 Å². The first-order chi connectivity index (χ1) is 6.74. The molecule has 0 aliphatic heterocycles. The molecule has 0 bridgehead atoms. The molecule has 1 heterocycles. The van der Waals surface area contributed by atoms with Gasteiger partial charge in [0, 0.05) is 25.0 Å². The first-order valence-corrected chi connectivity index (χ1v) is 4.08. The molecule has 1 N–H and O–H groups in total. The van der Waals surface area contributed by atoms with Gasteiger partial charge in [0.2, 0.25) is 0 Å². The third-order valence-electron chi connectivity index (χ3n) is 1.59. The summed E-state index contributed by atoms with van der Waals surface area (Å²) < 4.78 is 4.89. The lowest BCUT2D eigenvalue weighted by atomic mass is 10.1. The number of methoxy groups -OCH3 is 1. The van der Waals surface area contributed by atoms with Crippen LogP contribution in [-0.4, -0.2) is 29.8 Å². The zero-order valence-corrected chi connectivity index (χ0v) is 7.80. The Kier molecular flexibility index (Phi) is 3.82. The van der Waals surface area contributed by atoms with Crippen LogP contribution in [0.2, 0.25) is 0 Å². The average molecular weight is 193 g/mol. The first kappa shape index (κ1) is 10.4. The highest BCUT2D eigenvalue weighted by Gasteiger charge is 2.04. The number of carbonyl (C=O) groups is 1. The van der Waals surface area contributed by atoms with Crippen LogP contribution in [0.4, 0.5) is 0 Å². The third kappa shape index (κ3) is 2.99. The Hall–Kier alpha value is -1.68. The second-order valence-electron chi connectivity index (χ2n) is 2.66. The number of pyridine rings is 1. The molecule has 0 saturated carbocycles. The Bertz CT molecular complexity index is 332. The van der Waals surface area contributed by atoms with E-state index in [-0.39, 0.29) is 6.61 Å². The minimum absolute atomic E-state index is 0.239. The van der Waals surface area contributed by atoms with E-state index in [4.69, 9.17) is 9.84 Å². The molecule has 4 heteroatoms. The summed E-state index contributed by atoms with van der Waals surface area (Å²) in [6.07, 6.45) is 2.71. The van der Waals surface area contributed by atoms with E-state index < -0.39 is 5.97 Å². The Morgan fingerprint density at radius 1 is 1.64 bits per heavy atom. The fourth-order valence-electron chi connectivity index (χ4n) is 1.05. The van der Waals surface area contributed by atoms with E-state index in [1.165, 1.54) is 7.11 Å². The summed E-state index contributed by atoms with van der Waals surface area (Å²) in [7, 11) is 1.51. The zero-order valence-electron chi connectivity index (χ0n) is 7.80. The molecule has 4 nitrogen and oxygen atoms in total. The molecule has 0 aliphatic carbocycles. The summed E-state index contributed by atoms with van der Waals surface area (Å²) in [6, 6.07) is 5.32. The van der Waals surface area contributed by atoms with Crippen LogP contribution in [0.25, 0.3) is 5.57 Å². The number of aliphatic carboxylic acids is 1. The molecule has 1 aromatic rings. The van der Waals surface area contributed by atoms with Crippen molar-refractivity contribution in [2.45, 2.75) is 0 Å². The fourth-order valence-corrected chi connectivity index (χ4v) is 1.05. The quantitative estimate of drug-likeness (QED) is 0.730. The van der Waals surface area contributed by atoms with Crippen molar-refractivity contribution in [2.75, 3.05) is 13.7 Å². The molecular formula is C10H11NO3. The van der Waals surface area contributed by atoms with Gasteiger partial charge in [-0.2, -0.15) is 0 Å². The molecule has 0 spiro atoms. The maximum atomic E-state index is 10.5. The predicted molar refractivity (Wildman–Crippen MR) is 51.7 cm³/mol. The molecule has 0 aliphatic rings. The lowest BCUT2D eigenvalue weighted by molar-refractivity contribution is -0.131. The molecule has 0 radical (unpaired) electrons. The van der Waals surface area contributed by atoms with E-state index in [9.17, 15) is 4.79 Å². The van der Waals surface area contributed by atoms with Crippen LogP contribution in [-0.2, 0) is 9.53 Å². The number of nitrogens with zero attached hydrogens (tertiary/aromatic N) is 1. The van der Waals surface area contributed by atoms with Gasteiger partial charge in [0.1, 0.15) is 0 Å². The maximum Gasteiger partial charge on any atom is 0.328 e. The summed E-state index contributed by atoms with van der Waals surface area (Å²) in [5, 5.41) is 8.61. The van der Waals surface area contributed by atoms with E-state index in [1.807, 2.05) is 0 Å². The van der Waals surface area contributed by atoms with Gasteiger partial charge < -0.3 is 9.84 Å². The lowest BCUT2D eigenvalue weighted by Crippen LogP contribution is -2.00. The molecule has 0 aromatic carbocycles. The smallest absolute Gasteiger partial charge is 0.328 e. The van der Waals surface area contributed by atoms with E-state index in [1.54, 1.807) is 24.4 Å². The molecule has 0 unspecified atom stereocenters. The second-order valence-corrected chi connectivity index (χ2v) is 2.66. The van der Waals surface area contributed by atoms with Crippen LogP contribution in [0.5, 0.6) is 0 Å². The minimum atomic E-state index is -0.997. The number of carboxylic acid groups (broad SMARTS) is 1. The van der Waals surface area contributed by atoms with Crippen molar-refractivity contribution in [3.63, 3.8) is 0 Å². The zero-order chi connectivity index (χ0) is 10.4. The number of hydrogen-bond donors (Lipinski definition) is 1. The van der Waals surface area contributed by atoms with Crippen molar-refractivity contribution in [3.05, 3.63) is 36.2 Å². The molecular weight excluding hydrogens is 182 g/mol. The molecule has 1 aromatic heterocycles. The van der Waals surface area contributed by atoms with Crippen LogP contribution in [0.3, 0.4) is 0 Å².